The lowest BCUT2D eigenvalue weighted by Crippen LogP contribution is -2.42. The molecule has 0 radical (unpaired) electrons. The van der Waals surface area contributed by atoms with Crippen LogP contribution in [0.15, 0.2) is 19.5 Å². The first-order valence-electron chi connectivity index (χ1n) is 7.62. The van der Waals surface area contributed by atoms with Gasteiger partial charge in [0.1, 0.15) is 11.4 Å². The average molecular weight is 368 g/mol. The molecule has 2 aromatic heterocycles. The standard InChI is InChI=1S/C14H20N6O4S/c1-5-6-20-12(23)16-17-13(20)25-7(2)9(21)8-10(15)18(3)14(24)19(4)11(8)22/h7H,5-6,15H2,1-4H3,(H,16,23)/t7-/m0/s1. The van der Waals surface area contributed by atoms with E-state index in [-0.39, 0.29) is 17.1 Å². The number of hydrogen-bond acceptors (Lipinski definition) is 7. The number of Topliss-reactive ketones (excluding diaryl/α,β-unsaturated/α-hetero) is 1. The maximum atomic E-state index is 12.7. The number of carbonyl (C=O) groups is 1. The zero-order valence-electron chi connectivity index (χ0n) is 14.4. The molecule has 0 aliphatic carbocycles. The van der Waals surface area contributed by atoms with E-state index in [9.17, 15) is 19.2 Å². The Hall–Kier alpha value is -2.56. The molecule has 10 nitrogen and oxygen atoms in total. The van der Waals surface area contributed by atoms with Crippen LogP contribution in [0.1, 0.15) is 30.6 Å². The number of nitrogens with two attached hydrogens (primary N) is 1. The molecule has 0 bridgehead atoms. The van der Waals surface area contributed by atoms with Gasteiger partial charge in [0, 0.05) is 20.6 Å². The molecule has 3 N–H and O–H groups in total. The van der Waals surface area contributed by atoms with Crippen molar-refractivity contribution >= 4 is 23.4 Å². The Labute approximate surface area is 146 Å². The average Bonchev–Trinajstić information content (AvgIpc) is 2.92. The molecular formula is C14H20N6O4S. The fraction of sp³-hybridized carbons (Fsp3) is 0.500. The molecule has 0 aliphatic rings. The monoisotopic (exact) mass is 368 g/mol. The van der Waals surface area contributed by atoms with Crippen molar-refractivity contribution in [2.75, 3.05) is 5.73 Å². The second-order valence-corrected chi connectivity index (χ2v) is 6.86. The highest BCUT2D eigenvalue weighted by atomic mass is 32.2. The van der Waals surface area contributed by atoms with Crippen molar-refractivity contribution in [2.24, 2.45) is 14.1 Å². The summed E-state index contributed by atoms with van der Waals surface area (Å²) >= 11 is 1.05. The minimum Gasteiger partial charge on any atom is -0.384 e. The number of rotatable bonds is 6. The van der Waals surface area contributed by atoms with E-state index >= 15 is 0 Å². The third-order valence-electron chi connectivity index (χ3n) is 3.78. The van der Waals surface area contributed by atoms with Gasteiger partial charge >= 0.3 is 11.4 Å². The second kappa shape index (κ2) is 7.13. The molecule has 0 saturated heterocycles. The number of nitrogens with one attached hydrogen (secondary N) is 1. The van der Waals surface area contributed by atoms with Crippen LogP contribution in [0.2, 0.25) is 0 Å². The minimum absolute atomic E-state index is 0.182. The van der Waals surface area contributed by atoms with Gasteiger partial charge < -0.3 is 5.73 Å². The molecule has 0 spiro atoms. The van der Waals surface area contributed by atoms with Crippen LogP contribution in [0, 0.1) is 0 Å². The van der Waals surface area contributed by atoms with Crippen LogP contribution in [0.5, 0.6) is 0 Å². The first kappa shape index (κ1) is 18.8. The molecule has 0 fully saturated rings. The molecule has 2 heterocycles. The van der Waals surface area contributed by atoms with Crippen LogP contribution >= 0.6 is 11.8 Å². The van der Waals surface area contributed by atoms with E-state index in [4.69, 9.17) is 5.73 Å². The molecule has 2 aromatic rings. The van der Waals surface area contributed by atoms with E-state index < -0.39 is 22.3 Å². The Balaban J connectivity index is 2.41. The number of H-pyrrole nitrogens is 1. The molecule has 25 heavy (non-hydrogen) atoms. The van der Waals surface area contributed by atoms with Crippen LogP contribution in [0.3, 0.4) is 0 Å². The molecule has 1 atom stereocenters. The van der Waals surface area contributed by atoms with Crippen molar-refractivity contribution in [1.29, 1.82) is 0 Å². The lowest BCUT2D eigenvalue weighted by Gasteiger charge is -2.14. The van der Waals surface area contributed by atoms with E-state index in [0.717, 1.165) is 27.3 Å². The molecule has 0 unspecified atom stereocenters. The molecule has 0 aromatic carbocycles. The number of aromatic nitrogens is 5. The van der Waals surface area contributed by atoms with Crippen LogP contribution in [0.25, 0.3) is 0 Å². The highest BCUT2D eigenvalue weighted by molar-refractivity contribution is 8.00. The Morgan fingerprint density at radius 2 is 1.92 bits per heavy atom. The zero-order chi connectivity index (χ0) is 18.9. The maximum Gasteiger partial charge on any atom is 0.343 e. The Morgan fingerprint density at radius 1 is 1.28 bits per heavy atom. The van der Waals surface area contributed by atoms with E-state index in [1.807, 2.05) is 6.92 Å². The fourth-order valence-corrected chi connectivity index (χ4v) is 3.26. The summed E-state index contributed by atoms with van der Waals surface area (Å²) in [6.07, 6.45) is 0.726. The summed E-state index contributed by atoms with van der Waals surface area (Å²) in [6, 6.07) is 0. The van der Waals surface area contributed by atoms with Gasteiger partial charge in [0.05, 0.1) is 5.25 Å². The van der Waals surface area contributed by atoms with Crippen LogP contribution in [-0.2, 0) is 20.6 Å². The number of aromatic amines is 1. The summed E-state index contributed by atoms with van der Waals surface area (Å²) in [6.45, 7) is 3.96. The summed E-state index contributed by atoms with van der Waals surface area (Å²) in [7, 11) is 2.67. The molecule has 2 rings (SSSR count). The smallest absolute Gasteiger partial charge is 0.343 e. The number of ketones is 1. The van der Waals surface area contributed by atoms with Gasteiger partial charge in [0.25, 0.3) is 5.56 Å². The quantitative estimate of drug-likeness (QED) is 0.509. The van der Waals surface area contributed by atoms with Gasteiger partial charge in [0.2, 0.25) is 0 Å². The van der Waals surface area contributed by atoms with Crippen molar-refractivity contribution in [3.05, 3.63) is 36.9 Å². The second-order valence-electron chi connectivity index (χ2n) is 5.55. The molecule has 0 saturated carbocycles. The summed E-state index contributed by atoms with van der Waals surface area (Å²) in [5.74, 6) is -0.712. The zero-order valence-corrected chi connectivity index (χ0v) is 15.2. The Kier molecular flexibility index (Phi) is 5.36. The van der Waals surface area contributed by atoms with E-state index in [1.54, 1.807) is 6.92 Å². The van der Waals surface area contributed by atoms with Crippen molar-refractivity contribution in [1.82, 2.24) is 23.9 Å². The van der Waals surface area contributed by atoms with Crippen LogP contribution in [-0.4, -0.2) is 34.9 Å². The summed E-state index contributed by atoms with van der Waals surface area (Å²) in [4.78, 5) is 48.6. The van der Waals surface area contributed by atoms with Gasteiger partial charge in [-0.25, -0.2) is 14.7 Å². The van der Waals surface area contributed by atoms with Gasteiger partial charge in [-0.15, -0.1) is 5.10 Å². The van der Waals surface area contributed by atoms with E-state index in [0.29, 0.717) is 11.7 Å². The summed E-state index contributed by atoms with van der Waals surface area (Å²) in [5.41, 5.74) is 3.85. The number of carbonyl (C=O) groups excluding carboxylic acids is 1. The number of thioether (sulfide) groups is 1. The van der Waals surface area contributed by atoms with Crippen molar-refractivity contribution in [3.8, 4) is 0 Å². The van der Waals surface area contributed by atoms with Gasteiger partial charge in [-0.3, -0.25) is 23.3 Å². The number of nitrogen functional groups attached to an aromatic ring is 1. The molecule has 0 aliphatic heterocycles. The predicted molar refractivity (Wildman–Crippen MR) is 94.1 cm³/mol. The predicted octanol–water partition coefficient (Wildman–Crippen LogP) is -0.675. The van der Waals surface area contributed by atoms with E-state index in [1.165, 1.54) is 18.7 Å². The summed E-state index contributed by atoms with van der Waals surface area (Å²) in [5, 5.41) is 5.89. The van der Waals surface area contributed by atoms with Gasteiger partial charge in [-0.05, 0) is 13.3 Å². The summed E-state index contributed by atoms with van der Waals surface area (Å²) < 4.78 is 3.31. The molecule has 136 valence electrons. The first-order valence-corrected chi connectivity index (χ1v) is 8.50. The number of anilines is 1. The third-order valence-corrected chi connectivity index (χ3v) is 4.87. The highest BCUT2D eigenvalue weighted by Crippen LogP contribution is 2.23. The normalized spacial score (nSPS) is 12.3. The third kappa shape index (κ3) is 3.31. The van der Waals surface area contributed by atoms with Crippen molar-refractivity contribution < 1.29 is 4.79 Å². The first-order chi connectivity index (χ1) is 11.7. The lowest BCUT2D eigenvalue weighted by atomic mass is 10.1. The lowest BCUT2D eigenvalue weighted by molar-refractivity contribution is 0.0992. The van der Waals surface area contributed by atoms with Crippen molar-refractivity contribution in [2.45, 2.75) is 37.2 Å². The molecule has 0 amide bonds. The largest absolute Gasteiger partial charge is 0.384 e. The van der Waals surface area contributed by atoms with Gasteiger partial charge in [-0.2, -0.15) is 0 Å². The van der Waals surface area contributed by atoms with Gasteiger partial charge in [0.15, 0.2) is 10.9 Å². The topological polar surface area (TPSA) is 138 Å². The SMILES string of the molecule is CCCn1c(S[C@@H](C)C(=O)c2c(N)n(C)c(=O)n(C)c2=O)n[nH]c1=O. The van der Waals surface area contributed by atoms with Gasteiger partial charge in [-0.1, -0.05) is 18.7 Å². The Bertz CT molecular complexity index is 983. The molecule has 11 heteroatoms. The maximum absolute atomic E-state index is 12.7. The van der Waals surface area contributed by atoms with Crippen molar-refractivity contribution in [3.63, 3.8) is 0 Å². The van der Waals surface area contributed by atoms with E-state index in [2.05, 4.69) is 10.2 Å². The number of nitrogens with zero attached hydrogens (tertiary/aromatic N) is 4. The van der Waals surface area contributed by atoms with Crippen LogP contribution < -0.4 is 22.7 Å². The Morgan fingerprint density at radius 3 is 2.52 bits per heavy atom. The van der Waals surface area contributed by atoms with Crippen LogP contribution in [0.4, 0.5) is 5.82 Å². The molecular weight excluding hydrogens is 348 g/mol. The number of hydrogen-bond donors (Lipinski definition) is 2. The minimum atomic E-state index is -0.744. The fourth-order valence-electron chi connectivity index (χ4n) is 2.32. The highest BCUT2D eigenvalue weighted by Gasteiger charge is 2.26.